The van der Waals surface area contributed by atoms with Crippen molar-refractivity contribution in [2.24, 2.45) is 17.6 Å². The molecule has 0 aromatic rings. The van der Waals surface area contributed by atoms with Crippen LogP contribution in [0.5, 0.6) is 0 Å². The molecule has 1 unspecified atom stereocenters. The van der Waals surface area contributed by atoms with Gasteiger partial charge in [0.2, 0.25) is 5.91 Å². The van der Waals surface area contributed by atoms with E-state index in [1.165, 1.54) is 24.3 Å². The molecule has 0 radical (unpaired) electrons. The maximum absolute atomic E-state index is 11.7. The van der Waals surface area contributed by atoms with Crippen LogP contribution in [0, 0.1) is 11.8 Å². The highest BCUT2D eigenvalue weighted by Gasteiger charge is 2.17. The fourth-order valence-corrected chi connectivity index (χ4v) is 2.96. The van der Waals surface area contributed by atoms with E-state index >= 15 is 0 Å². The summed E-state index contributed by atoms with van der Waals surface area (Å²) in [7, 11) is 0. The second-order valence-corrected chi connectivity index (χ2v) is 6.20. The van der Waals surface area contributed by atoms with E-state index in [1.54, 1.807) is 0 Å². The number of rotatable bonds is 5. The smallest absolute Gasteiger partial charge is 0.220 e. The van der Waals surface area contributed by atoms with Crippen LogP contribution in [-0.2, 0) is 4.79 Å². The molecule has 1 aliphatic rings. The molecule has 1 aliphatic heterocycles. The Bertz CT molecular complexity index is 215. The van der Waals surface area contributed by atoms with E-state index in [4.69, 9.17) is 5.73 Å². The van der Waals surface area contributed by atoms with Gasteiger partial charge in [-0.3, -0.25) is 4.79 Å². The van der Waals surface area contributed by atoms with Crippen LogP contribution in [0.15, 0.2) is 0 Å². The second kappa shape index (κ2) is 7.17. The lowest BCUT2D eigenvalue weighted by molar-refractivity contribution is -0.122. The molecule has 1 saturated heterocycles. The summed E-state index contributed by atoms with van der Waals surface area (Å²) >= 11 is 2.00. The van der Waals surface area contributed by atoms with Crippen molar-refractivity contribution in [3.63, 3.8) is 0 Å². The fraction of sp³-hybridized carbons (Fsp3) is 0.917. The molecule has 3 N–H and O–H groups in total. The first-order chi connectivity index (χ1) is 7.59. The molecule has 94 valence electrons. The van der Waals surface area contributed by atoms with Gasteiger partial charge in [0.15, 0.2) is 0 Å². The third-order valence-electron chi connectivity index (χ3n) is 3.21. The van der Waals surface area contributed by atoms with Crippen molar-refractivity contribution in [2.75, 3.05) is 18.1 Å². The lowest BCUT2D eigenvalue weighted by atomic mass is 9.98. The monoisotopic (exact) mass is 244 g/mol. The van der Waals surface area contributed by atoms with E-state index < -0.39 is 0 Å². The molecule has 16 heavy (non-hydrogen) atoms. The zero-order valence-corrected chi connectivity index (χ0v) is 11.2. The van der Waals surface area contributed by atoms with Gasteiger partial charge in [-0.15, -0.1) is 0 Å². The lowest BCUT2D eigenvalue weighted by Gasteiger charge is -2.21. The lowest BCUT2D eigenvalue weighted by Crippen LogP contribution is -2.40. The Kier molecular flexibility index (Phi) is 6.21. The molecule has 0 saturated carbocycles. The number of hydrogen-bond donors (Lipinski definition) is 2. The van der Waals surface area contributed by atoms with Gasteiger partial charge in [0.1, 0.15) is 0 Å². The fourth-order valence-electron chi connectivity index (χ4n) is 1.75. The maximum atomic E-state index is 11.7. The molecule has 1 rings (SSSR count). The summed E-state index contributed by atoms with van der Waals surface area (Å²) in [6.07, 6.45) is 3.06. The minimum Gasteiger partial charge on any atom is -0.355 e. The molecule has 0 spiro atoms. The van der Waals surface area contributed by atoms with Gasteiger partial charge in [-0.1, -0.05) is 13.8 Å². The Morgan fingerprint density at radius 1 is 1.44 bits per heavy atom. The molecular weight excluding hydrogens is 220 g/mol. The van der Waals surface area contributed by atoms with E-state index in [-0.39, 0.29) is 11.9 Å². The van der Waals surface area contributed by atoms with Crippen LogP contribution in [0.4, 0.5) is 0 Å². The largest absolute Gasteiger partial charge is 0.355 e. The summed E-state index contributed by atoms with van der Waals surface area (Å²) in [5.41, 5.74) is 5.88. The van der Waals surface area contributed by atoms with Crippen LogP contribution in [0.1, 0.15) is 33.1 Å². The summed E-state index contributed by atoms with van der Waals surface area (Å²) in [6, 6.07) is 0.0749. The van der Waals surface area contributed by atoms with E-state index in [1.807, 2.05) is 11.8 Å². The number of carbonyl (C=O) groups is 1. The summed E-state index contributed by atoms with van der Waals surface area (Å²) in [6.45, 7) is 4.77. The molecule has 1 fully saturated rings. The number of carbonyl (C=O) groups excluding carboxylic acids is 1. The van der Waals surface area contributed by atoms with E-state index in [0.717, 1.165) is 0 Å². The Balaban J connectivity index is 2.14. The van der Waals surface area contributed by atoms with E-state index in [9.17, 15) is 4.79 Å². The first-order valence-corrected chi connectivity index (χ1v) is 7.35. The zero-order chi connectivity index (χ0) is 12.0. The summed E-state index contributed by atoms with van der Waals surface area (Å²) in [4.78, 5) is 11.7. The van der Waals surface area contributed by atoms with Gasteiger partial charge in [-0.25, -0.2) is 0 Å². The van der Waals surface area contributed by atoms with Crippen LogP contribution >= 0.6 is 11.8 Å². The van der Waals surface area contributed by atoms with Crippen molar-refractivity contribution in [3.05, 3.63) is 0 Å². The van der Waals surface area contributed by atoms with Gasteiger partial charge in [0, 0.05) is 19.0 Å². The van der Waals surface area contributed by atoms with Crippen molar-refractivity contribution in [1.82, 2.24) is 5.32 Å². The molecule has 0 bridgehead atoms. The molecule has 3 nitrogen and oxygen atoms in total. The van der Waals surface area contributed by atoms with Crippen LogP contribution in [0.25, 0.3) is 0 Å². The standard InChI is InChI=1S/C12H24N2OS/c1-9(2)11(13)8-14-12(15)7-10-3-5-16-6-4-10/h9-11H,3-8,13H2,1-2H3,(H,14,15). The number of hydrogen-bond acceptors (Lipinski definition) is 3. The SMILES string of the molecule is CC(C)C(N)CNC(=O)CC1CCSCC1. The normalized spacial score (nSPS) is 19.8. The third-order valence-corrected chi connectivity index (χ3v) is 4.25. The summed E-state index contributed by atoms with van der Waals surface area (Å²) in [5.74, 6) is 3.61. The van der Waals surface area contributed by atoms with Crippen LogP contribution in [0.3, 0.4) is 0 Å². The summed E-state index contributed by atoms with van der Waals surface area (Å²) in [5, 5.41) is 2.94. The molecular formula is C12H24N2OS. The summed E-state index contributed by atoms with van der Waals surface area (Å²) < 4.78 is 0. The van der Waals surface area contributed by atoms with Crippen LogP contribution < -0.4 is 11.1 Å². The van der Waals surface area contributed by atoms with Crippen molar-refractivity contribution >= 4 is 17.7 Å². The number of nitrogens with two attached hydrogens (primary N) is 1. The van der Waals surface area contributed by atoms with E-state index in [0.29, 0.717) is 24.8 Å². The van der Waals surface area contributed by atoms with Crippen molar-refractivity contribution < 1.29 is 4.79 Å². The number of nitrogens with one attached hydrogen (secondary N) is 1. The van der Waals surface area contributed by atoms with Gasteiger partial charge < -0.3 is 11.1 Å². The Hall–Kier alpha value is -0.220. The highest BCUT2D eigenvalue weighted by atomic mass is 32.2. The number of thioether (sulfide) groups is 1. The minimum absolute atomic E-state index is 0.0749. The van der Waals surface area contributed by atoms with Crippen molar-refractivity contribution in [1.29, 1.82) is 0 Å². The van der Waals surface area contributed by atoms with Gasteiger partial charge >= 0.3 is 0 Å². The maximum Gasteiger partial charge on any atom is 0.220 e. The zero-order valence-electron chi connectivity index (χ0n) is 10.4. The number of amides is 1. The molecule has 0 aromatic heterocycles. The first kappa shape index (κ1) is 13.8. The molecule has 0 aliphatic carbocycles. The predicted molar refractivity (Wildman–Crippen MR) is 70.5 cm³/mol. The third kappa shape index (κ3) is 5.21. The van der Waals surface area contributed by atoms with Gasteiger partial charge in [-0.05, 0) is 36.2 Å². The predicted octanol–water partition coefficient (Wildman–Crippen LogP) is 1.62. The van der Waals surface area contributed by atoms with Crippen LogP contribution in [0.2, 0.25) is 0 Å². The average molecular weight is 244 g/mol. The molecule has 1 heterocycles. The molecule has 4 heteroatoms. The second-order valence-electron chi connectivity index (χ2n) is 4.97. The molecule has 0 aromatic carbocycles. The Morgan fingerprint density at radius 2 is 2.06 bits per heavy atom. The highest BCUT2D eigenvalue weighted by Crippen LogP contribution is 2.24. The highest BCUT2D eigenvalue weighted by molar-refractivity contribution is 7.99. The van der Waals surface area contributed by atoms with Gasteiger partial charge in [-0.2, -0.15) is 11.8 Å². The molecule has 1 amide bonds. The topological polar surface area (TPSA) is 55.1 Å². The average Bonchev–Trinajstić information content (AvgIpc) is 2.27. The minimum atomic E-state index is 0.0749. The van der Waals surface area contributed by atoms with Crippen molar-refractivity contribution in [3.8, 4) is 0 Å². The Morgan fingerprint density at radius 3 is 2.62 bits per heavy atom. The van der Waals surface area contributed by atoms with Crippen LogP contribution in [-0.4, -0.2) is 30.0 Å². The quantitative estimate of drug-likeness (QED) is 0.772. The van der Waals surface area contributed by atoms with Gasteiger partial charge in [0.05, 0.1) is 0 Å². The first-order valence-electron chi connectivity index (χ1n) is 6.19. The molecule has 1 atom stereocenters. The van der Waals surface area contributed by atoms with Crippen molar-refractivity contribution in [2.45, 2.75) is 39.2 Å². The van der Waals surface area contributed by atoms with Gasteiger partial charge in [0.25, 0.3) is 0 Å². The van der Waals surface area contributed by atoms with E-state index in [2.05, 4.69) is 19.2 Å². The Labute approximate surface area is 103 Å².